The van der Waals surface area contributed by atoms with Crippen LogP contribution in [0.25, 0.3) is 10.6 Å². The predicted octanol–water partition coefficient (Wildman–Crippen LogP) is 4.27. The van der Waals surface area contributed by atoms with Gasteiger partial charge in [-0.1, -0.05) is 24.3 Å². The zero-order valence-electron chi connectivity index (χ0n) is 15.1. The number of urea groups is 1. The summed E-state index contributed by atoms with van der Waals surface area (Å²) >= 11 is 1.38. The van der Waals surface area contributed by atoms with E-state index in [1.807, 2.05) is 31.2 Å². The molecule has 0 fully saturated rings. The Hall–Kier alpha value is -2.93. The Labute approximate surface area is 161 Å². The van der Waals surface area contributed by atoms with Gasteiger partial charge >= 0.3 is 6.03 Å². The molecule has 1 aromatic heterocycles. The van der Waals surface area contributed by atoms with Gasteiger partial charge in [0, 0.05) is 17.0 Å². The molecular formula is C20H20FN3O2S. The summed E-state index contributed by atoms with van der Waals surface area (Å²) in [6, 6.07) is 13.8. The van der Waals surface area contributed by atoms with Crippen LogP contribution in [0.5, 0.6) is 5.75 Å². The molecule has 0 bridgehead atoms. The fraction of sp³-hybridized carbons (Fsp3) is 0.200. The molecule has 0 saturated carbocycles. The highest BCUT2D eigenvalue weighted by Crippen LogP contribution is 2.29. The molecule has 2 amide bonds. The Kier molecular flexibility index (Phi) is 6.03. The average molecular weight is 385 g/mol. The number of carbonyl (C=O) groups is 1. The number of thiazole rings is 1. The molecule has 2 N–H and O–H groups in total. The lowest BCUT2D eigenvalue weighted by Gasteiger charge is -2.08. The molecule has 7 heteroatoms. The van der Waals surface area contributed by atoms with Gasteiger partial charge in [-0.2, -0.15) is 0 Å². The molecule has 0 radical (unpaired) electrons. The lowest BCUT2D eigenvalue weighted by molar-refractivity contribution is 0.240. The first-order valence-corrected chi connectivity index (χ1v) is 9.24. The van der Waals surface area contributed by atoms with Crippen LogP contribution in [-0.4, -0.2) is 18.1 Å². The summed E-state index contributed by atoms with van der Waals surface area (Å²) in [5.41, 5.74) is 2.23. The van der Waals surface area contributed by atoms with Gasteiger partial charge in [-0.3, -0.25) is 0 Å². The molecule has 0 atom stereocenters. The van der Waals surface area contributed by atoms with Crippen molar-refractivity contribution in [2.45, 2.75) is 20.0 Å². The lowest BCUT2D eigenvalue weighted by Crippen LogP contribution is -2.34. The number of nitrogens with one attached hydrogen (secondary N) is 2. The maximum absolute atomic E-state index is 13.9. The second-order valence-electron chi connectivity index (χ2n) is 5.89. The zero-order valence-corrected chi connectivity index (χ0v) is 15.9. The van der Waals surface area contributed by atoms with Crippen LogP contribution < -0.4 is 15.4 Å². The van der Waals surface area contributed by atoms with Gasteiger partial charge in [0.05, 0.1) is 19.3 Å². The van der Waals surface area contributed by atoms with E-state index in [1.165, 1.54) is 17.4 Å². The van der Waals surface area contributed by atoms with Crippen LogP contribution in [0, 0.1) is 12.7 Å². The number of benzene rings is 2. The number of aryl methyl sites for hydroxylation is 1. The number of carbonyl (C=O) groups excluding carboxylic acids is 1. The highest BCUT2D eigenvalue weighted by molar-refractivity contribution is 7.15. The number of nitrogens with zero attached hydrogens (tertiary/aromatic N) is 1. The molecule has 3 rings (SSSR count). The standard InChI is InChI=1S/C20H20FN3O2S/c1-13-18(27-19(24-13)16-5-3-4-6-17(16)21)12-23-20(25)22-11-14-7-9-15(26-2)10-8-14/h3-10H,11-12H2,1-2H3,(H2,22,23,25). The van der Waals surface area contributed by atoms with Crippen molar-refractivity contribution in [2.24, 2.45) is 0 Å². The molecule has 0 aliphatic heterocycles. The lowest BCUT2D eigenvalue weighted by atomic mass is 10.2. The van der Waals surface area contributed by atoms with Gasteiger partial charge in [-0.25, -0.2) is 14.2 Å². The number of hydrogen-bond acceptors (Lipinski definition) is 4. The van der Waals surface area contributed by atoms with E-state index in [2.05, 4.69) is 15.6 Å². The largest absolute Gasteiger partial charge is 0.497 e. The minimum atomic E-state index is -0.303. The third-order valence-corrected chi connectivity index (χ3v) is 5.21. The first-order valence-electron chi connectivity index (χ1n) is 8.42. The van der Waals surface area contributed by atoms with Crippen LogP contribution >= 0.6 is 11.3 Å². The molecule has 3 aromatic rings. The van der Waals surface area contributed by atoms with E-state index in [9.17, 15) is 9.18 Å². The minimum absolute atomic E-state index is 0.272. The van der Waals surface area contributed by atoms with Gasteiger partial charge in [0.2, 0.25) is 0 Å². The van der Waals surface area contributed by atoms with Crippen molar-refractivity contribution in [2.75, 3.05) is 7.11 Å². The second kappa shape index (κ2) is 8.64. The molecule has 140 valence electrons. The minimum Gasteiger partial charge on any atom is -0.497 e. The van der Waals surface area contributed by atoms with Gasteiger partial charge in [0.1, 0.15) is 16.6 Å². The molecule has 2 aromatic carbocycles. The maximum Gasteiger partial charge on any atom is 0.315 e. The summed E-state index contributed by atoms with van der Waals surface area (Å²) in [4.78, 5) is 17.4. The maximum atomic E-state index is 13.9. The third-order valence-electron chi connectivity index (χ3n) is 4.02. The summed E-state index contributed by atoms with van der Waals surface area (Å²) in [6.07, 6.45) is 0. The normalized spacial score (nSPS) is 10.5. The molecule has 5 nitrogen and oxygen atoms in total. The van der Waals surface area contributed by atoms with Gasteiger partial charge in [-0.05, 0) is 36.8 Å². The van der Waals surface area contributed by atoms with E-state index in [1.54, 1.807) is 25.3 Å². The molecule has 0 unspecified atom stereocenters. The van der Waals surface area contributed by atoms with Gasteiger partial charge < -0.3 is 15.4 Å². The number of aromatic nitrogens is 1. The Morgan fingerprint density at radius 2 is 1.81 bits per heavy atom. The third kappa shape index (κ3) is 4.83. The summed E-state index contributed by atoms with van der Waals surface area (Å²) < 4.78 is 19.0. The smallest absolute Gasteiger partial charge is 0.315 e. The fourth-order valence-corrected chi connectivity index (χ4v) is 3.52. The molecule has 27 heavy (non-hydrogen) atoms. The molecular weight excluding hydrogens is 365 g/mol. The topological polar surface area (TPSA) is 63.2 Å². The predicted molar refractivity (Wildman–Crippen MR) is 104 cm³/mol. The van der Waals surface area contributed by atoms with Crippen molar-refractivity contribution in [1.82, 2.24) is 15.6 Å². The van der Waals surface area contributed by atoms with Crippen molar-refractivity contribution < 1.29 is 13.9 Å². The highest BCUT2D eigenvalue weighted by Gasteiger charge is 2.13. The molecule has 0 saturated heterocycles. The summed E-state index contributed by atoms with van der Waals surface area (Å²) in [5.74, 6) is 0.470. The van der Waals surface area contributed by atoms with E-state index in [4.69, 9.17) is 4.74 Å². The van der Waals surface area contributed by atoms with Gasteiger partial charge in [0.25, 0.3) is 0 Å². The Morgan fingerprint density at radius 3 is 2.52 bits per heavy atom. The number of rotatable bonds is 6. The first-order chi connectivity index (χ1) is 13.1. The Balaban J connectivity index is 1.55. The zero-order chi connectivity index (χ0) is 19.2. The van der Waals surface area contributed by atoms with Gasteiger partial charge in [-0.15, -0.1) is 11.3 Å². The number of amides is 2. The van der Waals surface area contributed by atoms with Crippen LogP contribution in [0.3, 0.4) is 0 Å². The second-order valence-corrected chi connectivity index (χ2v) is 6.98. The first kappa shape index (κ1) is 18.8. The number of halogens is 1. The van der Waals surface area contributed by atoms with Crippen LogP contribution in [-0.2, 0) is 13.1 Å². The average Bonchev–Trinajstić information content (AvgIpc) is 3.06. The summed E-state index contributed by atoms with van der Waals surface area (Å²) in [7, 11) is 1.61. The van der Waals surface area contributed by atoms with Gasteiger partial charge in [0.15, 0.2) is 0 Å². The van der Waals surface area contributed by atoms with Crippen LogP contribution in [0.15, 0.2) is 48.5 Å². The Bertz CT molecular complexity index is 925. The molecule has 0 aliphatic carbocycles. The molecule has 0 spiro atoms. The number of ether oxygens (including phenoxy) is 1. The highest BCUT2D eigenvalue weighted by atomic mass is 32.1. The van der Waals surface area contributed by atoms with Crippen LogP contribution in [0.1, 0.15) is 16.1 Å². The van der Waals surface area contributed by atoms with E-state index in [0.717, 1.165) is 21.9 Å². The van der Waals surface area contributed by atoms with Crippen molar-refractivity contribution >= 4 is 17.4 Å². The van der Waals surface area contributed by atoms with Crippen molar-refractivity contribution in [3.63, 3.8) is 0 Å². The summed E-state index contributed by atoms with van der Waals surface area (Å²) in [5, 5.41) is 6.23. The van der Waals surface area contributed by atoms with Crippen molar-refractivity contribution in [3.05, 3.63) is 70.5 Å². The van der Waals surface area contributed by atoms with Crippen LogP contribution in [0.4, 0.5) is 9.18 Å². The van der Waals surface area contributed by atoms with E-state index in [0.29, 0.717) is 23.7 Å². The SMILES string of the molecule is COc1ccc(CNC(=O)NCc2sc(-c3ccccc3F)nc2C)cc1. The Morgan fingerprint density at radius 1 is 1.11 bits per heavy atom. The van der Waals surface area contributed by atoms with E-state index >= 15 is 0 Å². The van der Waals surface area contributed by atoms with E-state index in [-0.39, 0.29) is 11.8 Å². The van der Waals surface area contributed by atoms with Crippen LogP contribution in [0.2, 0.25) is 0 Å². The molecule has 0 aliphatic rings. The fourth-order valence-electron chi connectivity index (χ4n) is 2.49. The number of hydrogen-bond donors (Lipinski definition) is 2. The molecule has 1 heterocycles. The summed E-state index contributed by atoms with van der Waals surface area (Å²) in [6.45, 7) is 2.61. The van der Waals surface area contributed by atoms with E-state index < -0.39 is 0 Å². The monoisotopic (exact) mass is 385 g/mol. The van der Waals surface area contributed by atoms with Crippen molar-refractivity contribution in [1.29, 1.82) is 0 Å². The van der Waals surface area contributed by atoms with Crippen molar-refractivity contribution in [3.8, 4) is 16.3 Å². The number of methoxy groups -OCH3 is 1. The quantitative estimate of drug-likeness (QED) is 0.666.